The Balaban J connectivity index is 3.07. The Morgan fingerprint density at radius 3 is 2.85 bits per heavy atom. The van der Waals surface area contributed by atoms with Crippen LogP contribution < -0.4 is 4.74 Å². The number of ether oxygens (including phenoxy) is 1. The standard InChI is InChI=1S/C7H3ClF2N2O/c8-6-4(3-11)5(1-2-12-6)13-7(9)10/h1-2,7H. The summed E-state index contributed by atoms with van der Waals surface area (Å²) < 4.78 is 27.6. The van der Waals surface area contributed by atoms with Gasteiger partial charge in [-0.05, 0) is 0 Å². The Bertz CT molecular complexity index is 351. The first-order chi connectivity index (χ1) is 6.15. The van der Waals surface area contributed by atoms with Crippen LogP contribution in [0.2, 0.25) is 5.15 Å². The van der Waals surface area contributed by atoms with Crippen LogP contribution in [0.15, 0.2) is 12.3 Å². The van der Waals surface area contributed by atoms with Crippen molar-refractivity contribution in [1.29, 1.82) is 5.26 Å². The molecule has 1 aromatic heterocycles. The van der Waals surface area contributed by atoms with E-state index in [4.69, 9.17) is 16.9 Å². The minimum absolute atomic E-state index is 0.152. The fraction of sp³-hybridized carbons (Fsp3) is 0.143. The number of rotatable bonds is 2. The van der Waals surface area contributed by atoms with Gasteiger partial charge in [0, 0.05) is 12.3 Å². The topological polar surface area (TPSA) is 45.9 Å². The number of hydrogen-bond donors (Lipinski definition) is 0. The molecule has 0 N–H and O–H groups in total. The predicted octanol–water partition coefficient (Wildman–Crippen LogP) is 2.21. The van der Waals surface area contributed by atoms with Gasteiger partial charge in [-0.1, -0.05) is 11.6 Å². The van der Waals surface area contributed by atoms with Crippen molar-refractivity contribution in [1.82, 2.24) is 4.98 Å². The molecule has 6 heteroatoms. The monoisotopic (exact) mass is 204 g/mol. The van der Waals surface area contributed by atoms with Crippen LogP contribution in [-0.4, -0.2) is 11.6 Å². The zero-order chi connectivity index (χ0) is 9.84. The molecule has 0 spiro atoms. The first-order valence-electron chi connectivity index (χ1n) is 3.14. The molecule has 0 aliphatic heterocycles. The van der Waals surface area contributed by atoms with Gasteiger partial charge in [0.15, 0.2) is 5.15 Å². The molecule has 1 aromatic rings. The molecule has 0 atom stereocenters. The van der Waals surface area contributed by atoms with Gasteiger partial charge in [0.25, 0.3) is 0 Å². The van der Waals surface area contributed by atoms with E-state index < -0.39 is 6.61 Å². The highest BCUT2D eigenvalue weighted by Crippen LogP contribution is 2.24. The van der Waals surface area contributed by atoms with Crippen LogP contribution in [0.3, 0.4) is 0 Å². The Morgan fingerprint density at radius 2 is 2.31 bits per heavy atom. The predicted molar refractivity (Wildman–Crippen MR) is 40.6 cm³/mol. The highest BCUT2D eigenvalue weighted by Gasteiger charge is 2.12. The molecule has 68 valence electrons. The fourth-order valence-corrected chi connectivity index (χ4v) is 0.907. The van der Waals surface area contributed by atoms with E-state index in [0.29, 0.717) is 0 Å². The van der Waals surface area contributed by atoms with E-state index in [0.717, 1.165) is 6.07 Å². The van der Waals surface area contributed by atoms with Crippen molar-refractivity contribution in [2.24, 2.45) is 0 Å². The first-order valence-corrected chi connectivity index (χ1v) is 3.52. The van der Waals surface area contributed by atoms with Crippen LogP contribution in [0.4, 0.5) is 8.78 Å². The summed E-state index contributed by atoms with van der Waals surface area (Å²) in [7, 11) is 0. The van der Waals surface area contributed by atoms with Gasteiger partial charge in [-0.25, -0.2) is 4.98 Å². The smallest absolute Gasteiger partial charge is 0.387 e. The molecule has 0 bridgehead atoms. The number of halogens is 3. The number of aromatic nitrogens is 1. The molecule has 0 aromatic carbocycles. The lowest BCUT2D eigenvalue weighted by Gasteiger charge is -2.05. The molecule has 0 aliphatic rings. The summed E-state index contributed by atoms with van der Waals surface area (Å²) in [5.41, 5.74) is -0.190. The minimum Gasteiger partial charge on any atom is -0.433 e. The van der Waals surface area contributed by atoms with E-state index >= 15 is 0 Å². The second-order valence-corrected chi connectivity index (χ2v) is 2.32. The summed E-state index contributed by atoms with van der Waals surface area (Å²) in [6, 6.07) is 2.77. The Kier molecular flexibility index (Phi) is 2.98. The third kappa shape index (κ3) is 2.26. The third-order valence-electron chi connectivity index (χ3n) is 1.19. The van der Waals surface area contributed by atoms with E-state index in [1.807, 2.05) is 0 Å². The molecule has 13 heavy (non-hydrogen) atoms. The first kappa shape index (κ1) is 9.68. The summed E-state index contributed by atoms with van der Waals surface area (Å²) in [6.45, 7) is -2.98. The van der Waals surface area contributed by atoms with E-state index in [-0.39, 0.29) is 16.5 Å². The van der Waals surface area contributed by atoms with Crippen molar-refractivity contribution in [3.63, 3.8) is 0 Å². The van der Waals surface area contributed by atoms with Crippen LogP contribution in [-0.2, 0) is 0 Å². The molecular weight excluding hydrogens is 202 g/mol. The molecule has 0 saturated carbocycles. The summed E-state index contributed by atoms with van der Waals surface area (Å²) in [5, 5.41) is 8.36. The van der Waals surface area contributed by atoms with Crippen molar-refractivity contribution in [2.45, 2.75) is 6.61 Å². The van der Waals surface area contributed by atoms with Gasteiger partial charge in [0.2, 0.25) is 0 Å². The molecule has 3 nitrogen and oxygen atoms in total. The number of nitrogens with zero attached hydrogens (tertiary/aromatic N) is 2. The van der Waals surface area contributed by atoms with Crippen LogP contribution in [0, 0.1) is 11.3 Å². The number of nitriles is 1. The van der Waals surface area contributed by atoms with Crippen molar-refractivity contribution in [3.8, 4) is 11.8 Å². The molecule has 0 radical (unpaired) electrons. The normalized spacial score (nSPS) is 9.77. The number of hydrogen-bond acceptors (Lipinski definition) is 3. The summed E-state index contributed by atoms with van der Waals surface area (Å²) in [5.74, 6) is -0.266. The maximum absolute atomic E-state index is 11.8. The lowest BCUT2D eigenvalue weighted by Crippen LogP contribution is -2.04. The average Bonchev–Trinajstić information content (AvgIpc) is 2.03. The van der Waals surface area contributed by atoms with Crippen molar-refractivity contribution in [3.05, 3.63) is 23.0 Å². The number of alkyl halides is 2. The lowest BCUT2D eigenvalue weighted by molar-refractivity contribution is -0.0500. The fourth-order valence-electron chi connectivity index (χ4n) is 0.715. The minimum atomic E-state index is -2.98. The summed E-state index contributed by atoms with van der Waals surface area (Å²) >= 11 is 5.45. The molecular formula is C7H3ClF2N2O. The van der Waals surface area contributed by atoms with Crippen LogP contribution in [0.25, 0.3) is 0 Å². The maximum Gasteiger partial charge on any atom is 0.387 e. The van der Waals surface area contributed by atoms with Gasteiger partial charge in [-0.15, -0.1) is 0 Å². The van der Waals surface area contributed by atoms with E-state index in [2.05, 4.69) is 9.72 Å². The zero-order valence-electron chi connectivity index (χ0n) is 6.17. The molecule has 0 aliphatic carbocycles. The molecule has 1 rings (SSSR count). The van der Waals surface area contributed by atoms with Gasteiger partial charge in [-0.3, -0.25) is 0 Å². The van der Waals surface area contributed by atoms with Gasteiger partial charge >= 0.3 is 6.61 Å². The molecule has 0 fully saturated rings. The third-order valence-corrected chi connectivity index (χ3v) is 1.48. The zero-order valence-corrected chi connectivity index (χ0v) is 6.92. The summed E-state index contributed by atoms with van der Waals surface area (Å²) in [4.78, 5) is 3.54. The van der Waals surface area contributed by atoms with Gasteiger partial charge in [0.05, 0.1) is 0 Å². The van der Waals surface area contributed by atoms with Crippen LogP contribution in [0.5, 0.6) is 5.75 Å². The van der Waals surface area contributed by atoms with Crippen molar-refractivity contribution < 1.29 is 13.5 Å². The van der Waals surface area contributed by atoms with Crippen molar-refractivity contribution in [2.75, 3.05) is 0 Å². The Morgan fingerprint density at radius 1 is 1.62 bits per heavy atom. The Hall–Kier alpha value is -1.41. The summed E-state index contributed by atoms with van der Waals surface area (Å²) in [6.07, 6.45) is 1.18. The number of pyridine rings is 1. The van der Waals surface area contributed by atoms with E-state index in [1.54, 1.807) is 6.07 Å². The quantitative estimate of drug-likeness (QED) is 0.694. The Labute approximate surface area is 77.5 Å². The maximum atomic E-state index is 11.8. The molecule has 0 amide bonds. The van der Waals surface area contributed by atoms with Gasteiger partial charge in [0.1, 0.15) is 17.4 Å². The van der Waals surface area contributed by atoms with E-state index in [9.17, 15) is 8.78 Å². The van der Waals surface area contributed by atoms with Gasteiger partial charge in [-0.2, -0.15) is 14.0 Å². The van der Waals surface area contributed by atoms with Crippen LogP contribution >= 0.6 is 11.6 Å². The SMILES string of the molecule is N#Cc1c(OC(F)F)ccnc1Cl. The van der Waals surface area contributed by atoms with E-state index in [1.165, 1.54) is 6.20 Å². The highest BCUT2D eigenvalue weighted by atomic mass is 35.5. The largest absolute Gasteiger partial charge is 0.433 e. The molecule has 1 heterocycles. The second kappa shape index (κ2) is 4.01. The molecule has 0 saturated heterocycles. The van der Waals surface area contributed by atoms with Crippen molar-refractivity contribution >= 4 is 11.6 Å². The van der Waals surface area contributed by atoms with Crippen LogP contribution in [0.1, 0.15) is 5.56 Å². The van der Waals surface area contributed by atoms with Gasteiger partial charge < -0.3 is 4.74 Å². The molecule has 0 unspecified atom stereocenters. The highest BCUT2D eigenvalue weighted by molar-refractivity contribution is 6.30. The second-order valence-electron chi connectivity index (χ2n) is 1.97. The lowest BCUT2D eigenvalue weighted by atomic mass is 10.3. The average molecular weight is 205 g/mol.